The van der Waals surface area contributed by atoms with Crippen LogP contribution in [0, 0.1) is 5.92 Å². The molecule has 0 aromatic heterocycles. The fourth-order valence-electron chi connectivity index (χ4n) is 4.06. The third kappa shape index (κ3) is 5.95. The summed E-state index contributed by atoms with van der Waals surface area (Å²) in [6, 6.07) is 22.0. The van der Waals surface area contributed by atoms with Crippen LogP contribution in [0.5, 0.6) is 0 Å². The number of piperidine rings is 1. The number of hydrogen-bond donors (Lipinski definition) is 0. The van der Waals surface area contributed by atoms with E-state index in [0.717, 1.165) is 25.6 Å². The average Bonchev–Trinajstić information content (AvgIpc) is 2.63. The van der Waals surface area contributed by atoms with Crippen LogP contribution in [-0.2, 0) is 17.8 Å². The zero-order valence-electron chi connectivity index (χ0n) is 15.2. The number of quaternary nitrogens is 1. The minimum Gasteiger partial charge on any atom is -1.00 e. The Morgan fingerprint density at radius 2 is 1.32 bits per heavy atom. The minimum atomic E-state index is 0. The summed E-state index contributed by atoms with van der Waals surface area (Å²) in [5.74, 6) is 0.836. The van der Waals surface area contributed by atoms with Gasteiger partial charge in [-0.2, -0.15) is 0 Å². The summed E-state index contributed by atoms with van der Waals surface area (Å²) < 4.78 is 6.47. The van der Waals surface area contributed by atoms with Crippen molar-refractivity contribution in [1.29, 1.82) is 0 Å². The van der Waals surface area contributed by atoms with Gasteiger partial charge in [-0.3, -0.25) is 0 Å². The largest absolute Gasteiger partial charge is 1.00 e. The monoisotopic (exact) mass is 403 g/mol. The van der Waals surface area contributed by atoms with Crippen molar-refractivity contribution in [1.82, 2.24) is 0 Å². The number of methoxy groups -OCH3 is 1. The Kier molecular flexibility index (Phi) is 8.14. The number of ether oxygens (including phenoxy) is 1. The normalized spacial score (nSPS) is 17.0. The standard InChI is InChI=1S/C22H30NO.BrH/c1-24-17-14-20-12-15-23(16-13-20,18-21-8-4-2-5-9-21)19-22-10-6-3-7-11-22;/h2-11,20H,12-19H2,1H3;1H/q+1;/p-1. The maximum atomic E-state index is 5.28. The van der Waals surface area contributed by atoms with Crippen LogP contribution in [-0.4, -0.2) is 31.3 Å². The van der Waals surface area contributed by atoms with E-state index in [4.69, 9.17) is 4.74 Å². The van der Waals surface area contributed by atoms with Crippen molar-refractivity contribution >= 4 is 0 Å². The first kappa shape index (κ1) is 20.2. The Morgan fingerprint density at radius 3 is 1.76 bits per heavy atom. The van der Waals surface area contributed by atoms with E-state index >= 15 is 0 Å². The van der Waals surface area contributed by atoms with E-state index in [-0.39, 0.29) is 17.0 Å². The van der Waals surface area contributed by atoms with E-state index in [2.05, 4.69) is 60.7 Å². The number of rotatable bonds is 7. The first-order valence-electron chi connectivity index (χ1n) is 9.22. The van der Waals surface area contributed by atoms with Crippen LogP contribution in [0.1, 0.15) is 30.4 Å². The molecule has 0 radical (unpaired) electrons. The molecule has 1 heterocycles. The van der Waals surface area contributed by atoms with Crippen LogP contribution in [0.4, 0.5) is 0 Å². The van der Waals surface area contributed by atoms with Crippen molar-refractivity contribution < 1.29 is 26.2 Å². The molecule has 0 aliphatic carbocycles. The molecule has 3 rings (SSSR count). The lowest BCUT2D eigenvalue weighted by molar-refractivity contribution is -0.958. The van der Waals surface area contributed by atoms with Gasteiger partial charge in [0.2, 0.25) is 0 Å². The smallest absolute Gasteiger partial charge is 0.105 e. The lowest BCUT2D eigenvalue weighted by atomic mass is 9.91. The van der Waals surface area contributed by atoms with Gasteiger partial charge in [0.15, 0.2) is 0 Å². The molecule has 0 saturated carbocycles. The average molecular weight is 404 g/mol. The van der Waals surface area contributed by atoms with Crippen LogP contribution >= 0.6 is 0 Å². The number of likely N-dealkylation sites (tertiary alicyclic amines) is 1. The van der Waals surface area contributed by atoms with Crippen molar-refractivity contribution in [3.8, 4) is 0 Å². The van der Waals surface area contributed by atoms with Crippen molar-refractivity contribution in [2.75, 3.05) is 26.8 Å². The van der Waals surface area contributed by atoms with Gasteiger partial charge < -0.3 is 26.2 Å². The van der Waals surface area contributed by atoms with Crippen LogP contribution < -0.4 is 17.0 Å². The zero-order valence-corrected chi connectivity index (χ0v) is 16.8. The van der Waals surface area contributed by atoms with Crippen molar-refractivity contribution in [3.63, 3.8) is 0 Å². The van der Waals surface area contributed by atoms with Gasteiger partial charge in [-0.05, 0) is 25.2 Å². The number of nitrogens with zero attached hydrogens (tertiary/aromatic N) is 1. The molecule has 1 fully saturated rings. The summed E-state index contributed by atoms with van der Waals surface area (Å²) in [4.78, 5) is 0. The third-order valence-corrected chi connectivity index (χ3v) is 5.48. The molecule has 0 bridgehead atoms. The summed E-state index contributed by atoms with van der Waals surface area (Å²) in [5.41, 5.74) is 2.92. The topological polar surface area (TPSA) is 9.23 Å². The van der Waals surface area contributed by atoms with Crippen LogP contribution in [0.25, 0.3) is 0 Å². The Morgan fingerprint density at radius 1 is 0.840 bits per heavy atom. The number of halogens is 1. The molecule has 3 heteroatoms. The van der Waals surface area contributed by atoms with Gasteiger partial charge in [0.25, 0.3) is 0 Å². The first-order valence-corrected chi connectivity index (χ1v) is 9.22. The maximum absolute atomic E-state index is 5.28. The predicted octanol–water partition coefficient (Wildman–Crippen LogP) is 1.65. The first-order chi connectivity index (χ1) is 11.8. The highest BCUT2D eigenvalue weighted by Gasteiger charge is 2.34. The lowest BCUT2D eigenvalue weighted by Crippen LogP contribution is -3.00. The van der Waals surface area contributed by atoms with Gasteiger partial charge in [-0.25, -0.2) is 0 Å². The van der Waals surface area contributed by atoms with Gasteiger partial charge in [-0.1, -0.05) is 60.7 Å². The van der Waals surface area contributed by atoms with E-state index in [9.17, 15) is 0 Å². The fraction of sp³-hybridized carbons (Fsp3) is 0.455. The SMILES string of the molecule is COCCC1CC[N+](Cc2ccccc2)(Cc2ccccc2)CC1.[Br-]. The van der Waals surface area contributed by atoms with Crippen molar-refractivity contribution in [2.45, 2.75) is 32.4 Å². The van der Waals surface area contributed by atoms with Gasteiger partial charge in [0, 0.05) is 24.8 Å². The van der Waals surface area contributed by atoms with E-state index in [1.54, 1.807) is 0 Å². The second kappa shape index (κ2) is 10.1. The van der Waals surface area contributed by atoms with Crippen LogP contribution in [0.15, 0.2) is 60.7 Å². The molecular weight excluding hydrogens is 374 g/mol. The number of benzene rings is 2. The Bertz CT molecular complexity index is 550. The number of hydrogen-bond acceptors (Lipinski definition) is 1. The summed E-state index contributed by atoms with van der Waals surface area (Å²) in [6.07, 6.45) is 3.86. The highest BCUT2D eigenvalue weighted by atomic mass is 79.9. The van der Waals surface area contributed by atoms with E-state index in [1.165, 1.54) is 48.0 Å². The quantitative estimate of drug-likeness (QED) is 0.638. The molecule has 0 spiro atoms. The zero-order chi connectivity index (χ0) is 16.7. The molecule has 1 aliphatic heterocycles. The summed E-state index contributed by atoms with van der Waals surface area (Å²) >= 11 is 0. The van der Waals surface area contributed by atoms with E-state index in [1.807, 2.05) is 7.11 Å². The molecule has 25 heavy (non-hydrogen) atoms. The summed E-state index contributed by atoms with van der Waals surface area (Å²) in [6.45, 7) is 5.75. The van der Waals surface area contributed by atoms with Crippen molar-refractivity contribution in [3.05, 3.63) is 71.8 Å². The maximum Gasteiger partial charge on any atom is 0.105 e. The van der Waals surface area contributed by atoms with Gasteiger partial charge >= 0.3 is 0 Å². The lowest BCUT2D eigenvalue weighted by Gasteiger charge is -2.44. The molecule has 136 valence electrons. The highest BCUT2D eigenvalue weighted by Crippen LogP contribution is 2.30. The molecular formula is C22H30BrNO. The Labute approximate surface area is 163 Å². The fourth-order valence-corrected chi connectivity index (χ4v) is 4.06. The second-order valence-electron chi connectivity index (χ2n) is 7.30. The van der Waals surface area contributed by atoms with Gasteiger partial charge in [-0.15, -0.1) is 0 Å². The van der Waals surface area contributed by atoms with Crippen LogP contribution in [0.2, 0.25) is 0 Å². The molecule has 1 aliphatic rings. The van der Waals surface area contributed by atoms with Crippen LogP contribution in [0.3, 0.4) is 0 Å². The second-order valence-corrected chi connectivity index (χ2v) is 7.30. The van der Waals surface area contributed by atoms with Gasteiger partial charge in [0.1, 0.15) is 13.1 Å². The van der Waals surface area contributed by atoms with E-state index in [0.29, 0.717) is 0 Å². The molecule has 2 aromatic carbocycles. The highest BCUT2D eigenvalue weighted by molar-refractivity contribution is 5.15. The molecule has 2 nitrogen and oxygen atoms in total. The minimum absolute atomic E-state index is 0. The van der Waals surface area contributed by atoms with Gasteiger partial charge in [0.05, 0.1) is 13.1 Å². The summed E-state index contributed by atoms with van der Waals surface area (Å²) in [7, 11) is 1.81. The van der Waals surface area contributed by atoms with E-state index < -0.39 is 0 Å². The Balaban J connectivity index is 0.00000225. The summed E-state index contributed by atoms with van der Waals surface area (Å²) in [5, 5.41) is 0. The third-order valence-electron chi connectivity index (χ3n) is 5.48. The molecule has 0 N–H and O–H groups in total. The molecule has 0 atom stereocenters. The molecule has 0 amide bonds. The molecule has 2 aromatic rings. The van der Waals surface area contributed by atoms with Crippen molar-refractivity contribution in [2.24, 2.45) is 5.92 Å². The predicted molar refractivity (Wildman–Crippen MR) is 99.5 cm³/mol. The molecule has 0 unspecified atom stereocenters. The molecule has 1 saturated heterocycles. The Hall–Kier alpha value is -1.16.